The number of aliphatic carboxylic acids is 1. The number of benzene rings is 2. The number of anilines is 1. The zero-order valence-corrected chi connectivity index (χ0v) is 15.7. The van der Waals surface area contributed by atoms with E-state index in [1.807, 2.05) is 24.3 Å². The number of hydrogen-bond acceptors (Lipinski definition) is 3. The van der Waals surface area contributed by atoms with Crippen LogP contribution in [0.15, 0.2) is 48.5 Å². The molecule has 2 N–H and O–H groups in total. The minimum Gasteiger partial charge on any atom is -0.497 e. The minimum atomic E-state index is -0.866. The molecular formula is C22H25NO4. The highest BCUT2D eigenvalue weighted by atomic mass is 16.5. The molecule has 5 heteroatoms. The third kappa shape index (κ3) is 3.82. The van der Waals surface area contributed by atoms with Gasteiger partial charge in [0.15, 0.2) is 0 Å². The largest absolute Gasteiger partial charge is 0.497 e. The van der Waals surface area contributed by atoms with Crippen LogP contribution >= 0.6 is 0 Å². The molecule has 1 aliphatic carbocycles. The molecule has 142 valence electrons. The number of carboxylic acids is 1. The van der Waals surface area contributed by atoms with Gasteiger partial charge in [-0.15, -0.1) is 0 Å². The third-order valence-corrected chi connectivity index (χ3v) is 5.55. The number of carboxylic acid groups (broad SMARTS) is 1. The fraction of sp³-hybridized carbons (Fsp3) is 0.364. The van der Waals surface area contributed by atoms with Gasteiger partial charge in [0.05, 0.1) is 18.4 Å². The summed E-state index contributed by atoms with van der Waals surface area (Å²) in [7, 11) is 1.63. The molecule has 1 unspecified atom stereocenters. The van der Waals surface area contributed by atoms with Crippen LogP contribution in [-0.4, -0.2) is 24.1 Å². The maximum atomic E-state index is 13.2. The Labute approximate surface area is 159 Å². The molecule has 27 heavy (non-hydrogen) atoms. The topological polar surface area (TPSA) is 75.6 Å². The van der Waals surface area contributed by atoms with Crippen molar-refractivity contribution < 1.29 is 19.4 Å². The van der Waals surface area contributed by atoms with Crippen LogP contribution in [0.3, 0.4) is 0 Å². The normalized spacial score (nSPS) is 16.5. The maximum Gasteiger partial charge on any atom is 0.310 e. The summed E-state index contributed by atoms with van der Waals surface area (Å²) in [4.78, 5) is 24.3. The van der Waals surface area contributed by atoms with Crippen LogP contribution in [0, 0.1) is 0 Å². The van der Waals surface area contributed by atoms with E-state index in [0.29, 0.717) is 11.3 Å². The lowest BCUT2D eigenvalue weighted by Gasteiger charge is -2.28. The Balaban J connectivity index is 1.83. The number of nitrogens with one attached hydrogen (secondary N) is 1. The van der Waals surface area contributed by atoms with Crippen LogP contribution in [0.25, 0.3) is 0 Å². The summed E-state index contributed by atoms with van der Waals surface area (Å²) < 4.78 is 5.33. The fourth-order valence-corrected chi connectivity index (χ4v) is 3.79. The smallest absolute Gasteiger partial charge is 0.310 e. The lowest BCUT2D eigenvalue weighted by atomic mass is 9.78. The number of carbonyl (C=O) groups excluding carboxylic acids is 1. The first-order valence-electron chi connectivity index (χ1n) is 9.25. The second kappa shape index (κ2) is 7.82. The van der Waals surface area contributed by atoms with Crippen LogP contribution in [0.5, 0.6) is 5.75 Å². The molecule has 3 rings (SSSR count). The molecule has 0 radical (unpaired) electrons. The lowest BCUT2D eigenvalue weighted by Crippen LogP contribution is -2.38. The summed E-state index contributed by atoms with van der Waals surface area (Å²) >= 11 is 0. The zero-order valence-electron chi connectivity index (χ0n) is 15.7. The monoisotopic (exact) mass is 367 g/mol. The molecule has 0 heterocycles. The van der Waals surface area contributed by atoms with Gasteiger partial charge in [-0.2, -0.15) is 0 Å². The van der Waals surface area contributed by atoms with E-state index in [1.54, 1.807) is 38.3 Å². The first kappa shape index (κ1) is 19.0. The van der Waals surface area contributed by atoms with Crippen molar-refractivity contribution in [2.75, 3.05) is 12.4 Å². The van der Waals surface area contributed by atoms with Gasteiger partial charge in [-0.05, 0) is 55.2 Å². The van der Waals surface area contributed by atoms with Crippen molar-refractivity contribution in [3.8, 4) is 5.75 Å². The first-order chi connectivity index (χ1) is 13.0. The van der Waals surface area contributed by atoms with Gasteiger partial charge < -0.3 is 15.2 Å². The lowest BCUT2D eigenvalue weighted by molar-refractivity contribution is -0.138. The van der Waals surface area contributed by atoms with Gasteiger partial charge in [0.2, 0.25) is 5.91 Å². The van der Waals surface area contributed by atoms with Crippen LogP contribution < -0.4 is 10.1 Å². The molecule has 2 aromatic carbocycles. The molecule has 0 aliphatic heterocycles. The number of hydrogen-bond donors (Lipinski definition) is 2. The van der Waals surface area contributed by atoms with E-state index < -0.39 is 17.3 Å². The quantitative estimate of drug-likeness (QED) is 0.797. The number of ether oxygens (including phenoxy) is 1. The Morgan fingerprint density at radius 2 is 1.78 bits per heavy atom. The zero-order chi connectivity index (χ0) is 19.4. The number of methoxy groups -OCH3 is 1. The molecule has 1 aliphatic rings. The number of carbonyl (C=O) groups is 2. The van der Waals surface area contributed by atoms with Crippen LogP contribution in [0.2, 0.25) is 0 Å². The molecule has 0 saturated heterocycles. The molecule has 1 atom stereocenters. The van der Waals surface area contributed by atoms with Crippen molar-refractivity contribution in [3.05, 3.63) is 59.7 Å². The summed E-state index contributed by atoms with van der Waals surface area (Å²) in [6.07, 6.45) is 3.64. The van der Waals surface area contributed by atoms with Gasteiger partial charge in [-0.3, -0.25) is 9.59 Å². The predicted molar refractivity (Wildman–Crippen MR) is 104 cm³/mol. The van der Waals surface area contributed by atoms with Gasteiger partial charge in [-0.1, -0.05) is 37.1 Å². The highest BCUT2D eigenvalue weighted by molar-refractivity contribution is 5.99. The molecule has 0 bridgehead atoms. The Hall–Kier alpha value is -2.82. The predicted octanol–water partition coefficient (Wildman–Crippen LogP) is 4.33. The van der Waals surface area contributed by atoms with Crippen molar-refractivity contribution in [1.82, 2.24) is 0 Å². The molecule has 2 aromatic rings. The SMILES string of the molecule is COc1cccc(C2(C(=O)Nc3ccc(C(C)C(=O)O)cc3)CCCC2)c1. The van der Waals surface area contributed by atoms with E-state index in [4.69, 9.17) is 9.84 Å². The van der Waals surface area contributed by atoms with E-state index in [-0.39, 0.29) is 5.91 Å². The molecular weight excluding hydrogens is 342 g/mol. The van der Waals surface area contributed by atoms with E-state index >= 15 is 0 Å². The third-order valence-electron chi connectivity index (χ3n) is 5.55. The van der Waals surface area contributed by atoms with E-state index in [0.717, 1.165) is 37.0 Å². The molecule has 1 fully saturated rings. The summed E-state index contributed by atoms with van der Waals surface area (Å²) in [5.41, 5.74) is 1.81. The Kier molecular flexibility index (Phi) is 5.49. The average molecular weight is 367 g/mol. The van der Waals surface area contributed by atoms with E-state index in [2.05, 4.69) is 5.32 Å². The van der Waals surface area contributed by atoms with Crippen LogP contribution in [0.4, 0.5) is 5.69 Å². The van der Waals surface area contributed by atoms with Gasteiger partial charge >= 0.3 is 5.97 Å². The molecule has 1 saturated carbocycles. The van der Waals surface area contributed by atoms with Gasteiger partial charge in [-0.25, -0.2) is 0 Å². The Morgan fingerprint density at radius 1 is 1.11 bits per heavy atom. The van der Waals surface area contributed by atoms with Crippen molar-refractivity contribution in [3.63, 3.8) is 0 Å². The average Bonchev–Trinajstić information content (AvgIpc) is 3.19. The summed E-state index contributed by atoms with van der Waals surface area (Å²) in [6.45, 7) is 1.65. The second-order valence-corrected chi connectivity index (χ2v) is 7.16. The molecule has 0 spiro atoms. The van der Waals surface area contributed by atoms with Crippen molar-refractivity contribution >= 4 is 17.6 Å². The van der Waals surface area contributed by atoms with E-state index in [1.165, 1.54) is 0 Å². The van der Waals surface area contributed by atoms with Gasteiger partial charge in [0, 0.05) is 5.69 Å². The fourth-order valence-electron chi connectivity index (χ4n) is 3.79. The minimum absolute atomic E-state index is 0.0210. The van der Waals surface area contributed by atoms with Gasteiger partial charge in [0.25, 0.3) is 0 Å². The van der Waals surface area contributed by atoms with Crippen LogP contribution in [-0.2, 0) is 15.0 Å². The van der Waals surface area contributed by atoms with Crippen molar-refractivity contribution in [1.29, 1.82) is 0 Å². The number of rotatable bonds is 6. The van der Waals surface area contributed by atoms with E-state index in [9.17, 15) is 9.59 Å². The van der Waals surface area contributed by atoms with Crippen LogP contribution in [0.1, 0.15) is 49.7 Å². The van der Waals surface area contributed by atoms with Crippen molar-refractivity contribution in [2.24, 2.45) is 0 Å². The standard InChI is InChI=1S/C22H25NO4/c1-15(20(24)25)16-8-10-18(11-9-16)23-21(26)22(12-3-4-13-22)17-6-5-7-19(14-17)27-2/h5-11,14-15H,3-4,12-13H2,1-2H3,(H,23,26)(H,24,25). The Morgan fingerprint density at radius 3 is 2.37 bits per heavy atom. The summed E-state index contributed by atoms with van der Waals surface area (Å²) in [5, 5.41) is 12.1. The Bertz CT molecular complexity index is 822. The number of amides is 1. The molecule has 1 amide bonds. The summed E-state index contributed by atoms with van der Waals surface area (Å²) in [6, 6.07) is 14.8. The molecule has 5 nitrogen and oxygen atoms in total. The van der Waals surface area contributed by atoms with Crippen molar-refractivity contribution in [2.45, 2.75) is 43.9 Å². The summed E-state index contributed by atoms with van der Waals surface area (Å²) in [5.74, 6) is -0.715. The highest BCUT2D eigenvalue weighted by Crippen LogP contribution is 2.43. The second-order valence-electron chi connectivity index (χ2n) is 7.16. The van der Waals surface area contributed by atoms with Gasteiger partial charge in [0.1, 0.15) is 5.75 Å². The first-order valence-corrected chi connectivity index (χ1v) is 9.25. The highest BCUT2D eigenvalue weighted by Gasteiger charge is 2.42. The maximum absolute atomic E-state index is 13.2. The molecule has 0 aromatic heterocycles.